The molecule has 1 N–H and O–H groups in total. The highest BCUT2D eigenvalue weighted by Gasteiger charge is 2.11. The minimum atomic E-state index is 0.334. The first-order valence-electron chi connectivity index (χ1n) is 6.28. The van der Waals surface area contributed by atoms with Crippen LogP contribution in [0.4, 0.5) is 0 Å². The van der Waals surface area contributed by atoms with Crippen molar-refractivity contribution in [2.75, 3.05) is 7.05 Å². The topological polar surface area (TPSA) is 12.0 Å². The van der Waals surface area contributed by atoms with Crippen molar-refractivity contribution in [2.45, 2.75) is 19.4 Å². The van der Waals surface area contributed by atoms with Gasteiger partial charge in [0.25, 0.3) is 0 Å². The number of halogens is 2. The number of nitrogens with one attached hydrogen (secondary N) is 1. The summed E-state index contributed by atoms with van der Waals surface area (Å²) in [6, 6.07) is 15.4. The Labute approximate surface area is 131 Å². The lowest BCUT2D eigenvalue weighted by atomic mass is 9.98. The van der Waals surface area contributed by atoms with Crippen LogP contribution in [-0.4, -0.2) is 7.05 Å². The van der Waals surface area contributed by atoms with E-state index < -0.39 is 0 Å². The van der Waals surface area contributed by atoms with E-state index in [0.29, 0.717) is 6.04 Å². The van der Waals surface area contributed by atoms with Gasteiger partial charge in [0.2, 0.25) is 0 Å². The van der Waals surface area contributed by atoms with Crippen LogP contribution in [0.3, 0.4) is 0 Å². The lowest BCUT2D eigenvalue weighted by Crippen LogP contribution is -2.19. The van der Waals surface area contributed by atoms with E-state index in [9.17, 15) is 0 Å². The van der Waals surface area contributed by atoms with Crippen molar-refractivity contribution in [2.24, 2.45) is 0 Å². The molecule has 0 heterocycles. The molecule has 0 aliphatic rings. The van der Waals surface area contributed by atoms with Gasteiger partial charge < -0.3 is 5.32 Å². The minimum absolute atomic E-state index is 0.334. The molecule has 1 nitrogen and oxygen atoms in total. The van der Waals surface area contributed by atoms with Crippen molar-refractivity contribution in [3.05, 3.63) is 68.1 Å². The molecule has 0 aliphatic heterocycles. The summed E-state index contributed by atoms with van der Waals surface area (Å²) < 4.78 is 2.29. The third-order valence-corrected chi connectivity index (χ3v) is 4.64. The van der Waals surface area contributed by atoms with Crippen molar-refractivity contribution >= 4 is 31.9 Å². The molecular weight excluding hydrogens is 366 g/mol. The van der Waals surface area contributed by atoms with E-state index in [1.165, 1.54) is 16.7 Å². The van der Waals surface area contributed by atoms with Crippen molar-refractivity contribution in [1.82, 2.24) is 5.32 Å². The monoisotopic (exact) mass is 381 g/mol. The lowest BCUT2D eigenvalue weighted by Gasteiger charge is -2.18. The van der Waals surface area contributed by atoms with Crippen molar-refractivity contribution < 1.29 is 0 Å². The minimum Gasteiger partial charge on any atom is -0.313 e. The Morgan fingerprint density at radius 2 is 1.89 bits per heavy atom. The quantitative estimate of drug-likeness (QED) is 0.782. The molecule has 2 aromatic carbocycles. The second kappa shape index (κ2) is 6.69. The van der Waals surface area contributed by atoms with Gasteiger partial charge in [-0.15, -0.1) is 0 Å². The molecule has 0 saturated heterocycles. The molecule has 0 bridgehead atoms. The van der Waals surface area contributed by atoms with Gasteiger partial charge >= 0.3 is 0 Å². The zero-order valence-corrected chi connectivity index (χ0v) is 14.3. The fourth-order valence-electron chi connectivity index (χ4n) is 2.17. The van der Waals surface area contributed by atoms with Crippen LogP contribution in [-0.2, 0) is 6.42 Å². The lowest BCUT2D eigenvalue weighted by molar-refractivity contribution is 0.591. The van der Waals surface area contributed by atoms with Crippen molar-refractivity contribution in [3.63, 3.8) is 0 Å². The molecule has 2 aromatic rings. The summed E-state index contributed by atoms with van der Waals surface area (Å²) in [5.41, 5.74) is 3.92. The van der Waals surface area contributed by atoms with Crippen LogP contribution in [0.2, 0.25) is 0 Å². The van der Waals surface area contributed by atoms with Gasteiger partial charge in [0.15, 0.2) is 0 Å². The summed E-state index contributed by atoms with van der Waals surface area (Å²) in [6.07, 6.45) is 0.983. The van der Waals surface area contributed by atoms with Crippen LogP contribution >= 0.6 is 31.9 Å². The van der Waals surface area contributed by atoms with E-state index in [1.807, 2.05) is 7.05 Å². The van der Waals surface area contributed by atoms with Gasteiger partial charge in [0.05, 0.1) is 0 Å². The number of aryl methyl sites for hydroxylation is 1. The molecule has 0 amide bonds. The summed E-state index contributed by atoms with van der Waals surface area (Å²) in [7, 11) is 2.01. The molecule has 0 radical (unpaired) electrons. The molecule has 0 saturated carbocycles. The maximum Gasteiger partial charge on any atom is 0.0358 e. The van der Waals surface area contributed by atoms with E-state index in [0.717, 1.165) is 15.4 Å². The second-order valence-corrected chi connectivity index (χ2v) is 6.45. The zero-order chi connectivity index (χ0) is 13.8. The first kappa shape index (κ1) is 14.8. The molecule has 19 heavy (non-hydrogen) atoms. The number of hydrogen-bond acceptors (Lipinski definition) is 1. The molecule has 0 fully saturated rings. The van der Waals surface area contributed by atoms with Gasteiger partial charge in [-0.2, -0.15) is 0 Å². The number of rotatable bonds is 4. The summed E-state index contributed by atoms with van der Waals surface area (Å²) in [4.78, 5) is 0. The predicted octanol–water partition coefficient (Wildman–Crippen LogP) is 5.02. The fourth-order valence-corrected chi connectivity index (χ4v) is 2.86. The van der Waals surface area contributed by atoms with Gasteiger partial charge in [-0.3, -0.25) is 0 Å². The summed E-state index contributed by atoms with van der Waals surface area (Å²) >= 11 is 7.07. The Balaban J connectivity index is 2.22. The van der Waals surface area contributed by atoms with E-state index in [2.05, 4.69) is 86.6 Å². The molecule has 0 aromatic heterocycles. The maximum absolute atomic E-state index is 3.55. The van der Waals surface area contributed by atoms with E-state index in [1.54, 1.807) is 0 Å². The van der Waals surface area contributed by atoms with Gasteiger partial charge in [0.1, 0.15) is 0 Å². The van der Waals surface area contributed by atoms with Crippen LogP contribution in [0.15, 0.2) is 51.4 Å². The Morgan fingerprint density at radius 3 is 2.53 bits per heavy atom. The Kier molecular flexibility index (Phi) is 5.20. The fraction of sp³-hybridized carbons (Fsp3) is 0.250. The molecular formula is C16H17Br2N. The highest BCUT2D eigenvalue weighted by molar-refractivity contribution is 9.10. The van der Waals surface area contributed by atoms with Crippen LogP contribution in [0.5, 0.6) is 0 Å². The summed E-state index contributed by atoms with van der Waals surface area (Å²) in [5, 5.41) is 3.40. The van der Waals surface area contributed by atoms with Gasteiger partial charge in [0, 0.05) is 15.0 Å². The third-order valence-electron chi connectivity index (χ3n) is 3.26. The number of hydrogen-bond donors (Lipinski definition) is 1. The van der Waals surface area contributed by atoms with Crippen LogP contribution in [0.1, 0.15) is 22.7 Å². The van der Waals surface area contributed by atoms with E-state index in [4.69, 9.17) is 0 Å². The Bertz CT molecular complexity index is 566. The highest BCUT2D eigenvalue weighted by atomic mass is 79.9. The van der Waals surface area contributed by atoms with Crippen LogP contribution in [0, 0.1) is 6.92 Å². The first-order chi connectivity index (χ1) is 9.10. The molecule has 3 heteroatoms. The maximum atomic E-state index is 3.55. The third kappa shape index (κ3) is 3.91. The van der Waals surface area contributed by atoms with Crippen LogP contribution in [0.25, 0.3) is 0 Å². The molecule has 0 spiro atoms. The molecule has 2 rings (SSSR count). The summed E-state index contributed by atoms with van der Waals surface area (Å²) in [6.45, 7) is 2.12. The highest BCUT2D eigenvalue weighted by Crippen LogP contribution is 2.24. The normalized spacial score (nSPS) is 12.4. The summed E-state index contributed by atoms with van der Waals surface area (Å²) in [5.74, 6) is 0. The smallest absolute Gasteiger partial charge is 0.0358 e. The molecule has 100 valence electrons. The standard InChI is InChI=1S/C16H17Br2N/c1-11-8-13(6-7-15(11)18)16(19-2)10-12-4-3-5-14(17)9-12/h3-9,16,19H,10H2,1-2H3. The second-order valence-electron chi connectivity index (χ2n) is 4.68. The van der Waals surface area contributed by atoms with Crippen molar-refractivity contribution in [1.29, 1.82) is 0 Å². The van der Waals surface area contributed by atoms with Gasteiger partial charge in [-0.25, -0.2) is 0 Å². The molecule has 1 unspecified atom stereocenters. The Hall–Kier alpha value is -0.640. The predicted molar refractivity (Wildman–Crippen MR) is 88.5 cm³/mol. The number of likely N-dealkylation sites (N-methyl/N-ethyl adjacent to an activating group) is 1. The average molecular weight is 383 g/mol. The molecule has 1 atom stereocenters. The first-order valence-corrected chi connectivity index (χ1v) is 7.86. The Morgan fingerprint density at radius 1 is 1.11 bits per heavy atom. The van der Waals surface area contributed by atoms with Gasteiger partial charge in [-0.05, 0) is 55.3 Å². The largest absolute Gasteiger partial charge is 0.313 e. The van der Waals surface area contributed by atoms with E-state index in [-0.39, 0.29) is 0 Å². The van der Waals surface area contributed by atoms with Crippen LogP contribution < -0.4 is 5.32 Å². The average Bonchev–Trinajstić information content (AvgIpc) is 2.39. The zero-order valence-electron chi connectivity index (χ0n) is 11.1. The van der Waals surface area contributed by atoms with Gasteiger partial charge in [-0.1, -0.05) is 56.1 Å². The SMILES string of the molecule is CNC(Cc1cccc(Br)c1)c1ccc(Br)c(C)c1. The van der Waals surface area contributed by atoms with E-state index >= 15 is 0 Å². The number of benzene rings is 2. The van der Waals surface area contributed by atoms with Crippen molar-refractivity contribution in [3.8, 4) is 0 Å². The molecule has 0 aliphatic carbocycles.